The molecular formula is C23H20Cl2N4O. The van der Waals surface area contributed by atoms with Gasteiger partial charge in [-0.2, -0.15) is 9.78 Å². The third-order valence-electron chi connectivity index (χ3n) is 4.91. The second kappa shape index (κ2) is 7.74. The van der Waals surface area contributed by atoms with Crippen LogP contribution in [0, 0.1) is 27.7 Å². The number of nitrogens with zero attached hydrogens (tertiary/aromatic N) is 3. The van der Waals surface area contributed by atoms with Gasteiger partial charge in [0.15, 0.2) is 5.82 Å². The zero-order valence-electron chi connectivity index (χ0n) is 17.0. The Kier molecular flexibility index (Phi) is 5.26. The van der Waals surface area contributed by atoms with E-state index in [0.29, 0.717) is 22.2 Å². The summed E-state index contributed by atoms with van der Waals surface area (Å²) >= 11 is 12.1. The summed E-state index contributed by atoms with van der Waals surface area (Å²) in [6, 6.07) is 12.8. The van der Waals surface area contributed by atoms with Crippen LogP contribution in [0.25, 0.3) is 16.7 Å². The Hall–Kier alpha value is -2.89. The van der Waals surface area contributed by atoms with Crippen molar-refractivity contribution in [3.8, 4) is 5.82 Å². The number of amides is 1. The molecule has 2 aromatic carbocycles. The topological polar surface area (TPSA) is 59.8 Å². The maximum atomic E-state index is 12.8. The van der Waals surface area contributed by atoms with Gasteiger partial charge >= 0.3 is 0 Å². The molecule has 1 amide bonds. The molecule has 0 atom stereocenters. The van der Waals surface area contributed by atoms with E-state index in [-0.39, 0.29) is 10.9 Å². The van der Waals surface area contributed by atoms with Crippen molar-refractivity contribution in [1.82, 2.24) is 14.8 Å². The number of aryl methyl sites for hydroxylation is 4. The fourth-order valence-electron chi connectivity index (χ4n) is 3.56. The van der Waals surface area contributed by atoms with Gasteiger partial charge in [0.25, 0.3) is 5.91 Å². The molecule has 0 aliphatic rings. The zero-order chi connectivity index (χ0) is 21.6. The maximum Gasteiger partial charge on any atom is 0.258 e. The third-order valence-corrected chi connectivity index (χ3v) is 5.46. The molecule has 0 bridgehead atoms. The number of halogens is 2. The first-order valence-corrected chi connectivity index (χ1v) is 10.2. The molecule has 5 nitrogen and oxygen atoms in total. The molecule has 0 aliphatic carbocycles. The summed E-state index contributed by atoms with van der Waals surface area (Å²) in [4.78, 5) is 17.6. The first kappa shape index (κ1) is 20.4. The number of hydrogen-bond donors (Lipinski definition) is 1. The van der Waals surface area contributed by atoms with Gasteiger partial charge in [0, 0.05) is 16.5 Å². The van der Waals surface area contributed by atoms with E-state index in [0.717, 1.165) is 27.7 Å². The Labute approximate surface area is 184 Å². The molecule has 1 N–H and O–H groups in total. The molecule has 0 aliphatic heterocycles. The summed E-state index contributed by atoms with van der Waals surface area (Å²) in [6.07, 6.45) is 0. The van der Waals surface area contributed by atoms with Crippen LogP contribution in [-0.2, 0) is 0 Å². The fraction of sp³-hybridized carbons (Fsp3) is 0.174. The van der Waals surface area contributed by atoms with Crippen LogP contribution < -0.4 is 5.32 Å². The Morgan fingerprint density at radius 2 is 1.73 bits per heavy atom. The van der Waals surface area contributed by atoms with Crippen LogP contribution in [0.2, 0.25) is 10.0 Å². The lowest BCUT2D eigenvalue weighted by atomic mass is 10.0. The predicted molar refractivity (Wildman–Crippen MR) is 122 cm³/mol. The van der Waals surface area contributed by atoms with Crippen LogP contribution in [0.5, 0.6) is 0 Å². The van der Waals surface area contributed by atoms with Crippen molar-refractivity contribution in [2.75, 3.05) is 5.32 Å². The SMILES string of the molecule is Cc1cc(C)c2nc(-n3nc(C)cc3NC(=O)c3ccc(Cl)cc3Cl)cc(C)c2c1. The van der Waals surface area contributed by atoms with Gasteiger partial charge in [-0.1, -0.05) is 34.8 Å². The van der Waals surface area contributed by atoms with E-state index in [4.69, 9.17) is 28.2 Å². The average molecular weight is 439 g/mol. The number of aromatic nitrogens is 3. The first-order valence-electron chi connectivity index (χ1n) is 9.45. The smallest absolute Gasteiger partial charge is 0.258 e. The monoisotopic (exact) mass is 438 g/mol. The van der Waals surface area contributed by atoms with E-state index in [1.54, 1.807) is 28.9 Å². The number of carbonyl (C=O) groups is 1. The van der Waals surface area contributed by atoms with Crippen LogP contribution in [-0.4, -0.2) is 20.7 Å². The summed E-state index contributed by atoms with van der Waals surface area (Å²) in [7, 11) is 0. The fourth-order valence-corrected chi connectivity index (χ4v) is 4.05. The molecule has 0 unspecified atom stereocenters. The van der Waals surface area contributed by atoms with E-state index in [1.165, 1.54) is 5.56 Å². The molecular weight excluding hydrogens is 419 g/mol. The summed E-state index contributed by atoms with van der Waals surface area (Å²) in [5, 5.41) is 9.30. The standard InChI is InChI=1S/C23H20Cl2N4O/c1-12-7-14(3)22-18(8-12)13(2)9-20(26-22)29-21(10-15(4)28-29)27-23(30)17-6-5-16(24)11-19(17)25/h5-11H,1-4H3,(H,27,30). The normalized spacial score (nSPS) is 11.1. The molecule has 0 saturated carbocycles. The number of hydrogen-bond acceptors (Lipinski definition) is 3. The lowest BCUT2D eigenvalue weighted by Gasteiger charge is -2.13. The molecule has 0 fully saturated rings. The van der Waals surface area contributed by atoms with Crippen molar-refractivity contribution in [2.45, 2.75) is 27.7 Å². The minimum absolute atomic E-state index is 0.286. The van der Waals surface area contributed by atoms with Gasteiger partial charge in [0.05, 0.1) is 21.8 Å². The van der Waals surface area contributed by atoms with Crippen LogP contribution in [0.4, 0.5) is 5.82 Å². The lowest BCUT2D eigenvalue weighted by molar-refractivity contribution is 0.102. The van der Waals surface area contributed by atoms with Crippen molar-refractivity contribution in [3.63, 3.8) is 0 Å². The van der Waals surface area contributed by atoms with Crippen molar-refractivity contribution in [3.05, 3.63) is 80.5 Å². The number of carbonyl (C=O) groups excluding carboxylic acids is 1. The van der Waals surface area contributed by atoms with Crippen molar-refractivity contribution >= 4 is 45.8 Å². The van der Waals surface area contributed by atoms with Crippen molar-refractivity contribution < 1.29 is 4.79 Å². The van der Waals surface area contributed by atoms with Gasteiger partial charge < -0.3 is 5.32 Å². The molecule has 4 rings (SSSR count). The molecule has 0 spiro atoms. The van der Waals surface area contributed by atoms with E-state index in [9.17, 15) is 4.79 Å². The first-order chi connectivity index (χ1) is 14.2. The lowest BCUT2D eigenvalue weighted by Crippen LogP contribution is -2.16. The highest BCUT2D eigenvalue weighted by molar-refractivity contribution is 6.37. The van der Waals surface area contributed by atoms with E-state index < -0.39 is 0 Å². The quantitative estimate of drug-likeness (QED) is 0.413. The Bertz CT molecular complexity index is 1310. The number of fused-ring (bicyclic) bond motifs is 1. The molecule has 2 heterocycles. The summed E-state index contributed by atoms with van der Waals surface area (Å²) in [5.74, 6) is 0.805. The van der Waals surface area contributed by atoms with E-state index in [2.05, 4.69) is 36.4 Å². The third kappa shape index (κ3) is 3.78. The van der Waals surface area contributed by atoms with E-state index >= 15 is 0 Å². The van der Waals surface area contributed by atoms with Crippen LogP contribution in [0.3, 0.4) is 0 Å². The largest absolute Gasteiger partial charge is 0.306 e. The Morgan fingerprint density at radius 3 is 2.47 bits per heavy atom. The summed E-state index contributed by atoms with van der Waals surface area (Å²) < 4.78 is 1.64. The molecule has 7 heteroatoms. The highest BCUT2D eigenvalue weighted by Gasteiger charge is 2.17. The highest BCUT2D eigenvalue weighted by Crippen LogP contribution is 2.27. The van der Waals surface area contributed by atoms with Gasteiger partial charge in [-0.05, 0) is 69.2 Å². The predicted octanol–water partition coefficient (Wildman–Crippen LogP) is 6.21. The van der Waals surface area contributed by atoms with Gasteiger partial charge in [-0.15, -0.1) is 0 Å². The van der Waals surface area contributed by atoms with Crippen molar-refractivity contribution in [1.29, 1.82) is 0 Å². The maximum absolute atomic E-state index is 12.8. The summed E-state index contributed by atoms with van der Waals surface area (Å²) in [5.41, 5.74) is 5.39. The van der Waals surface area contributed by atoms with Gasteiger partial charge in [0.1, 0.15) is 5.82 Å². The molecule has 4 aromatic rings. The zero-order valence-corrected chi connectivity index (χ0v) is 18.6. The van der Waals surface area contributed by atoms with Gasteiger partial charge in [-0.3, -0.25) is 4.79 Å². The van der Waals surface area contributed by atoms with Crippen LogP contribution >= 0.6 is 23.2 Å². The number of anilines is 1. The number of nitrogens with one attached hydrogen (secondary N) is 1. The number of pyridine rings is 1. The van der Waals surface area contributed by atoms with E-state index in [1.807, 2.05) is 19.9 Å². The minimum Gasteiger partial charge on any atom is -0.306 e. The molecule has 0 radical (unpaired) electrons. The summed E-state index contributed by atoms with van der Waals surface area (Å²) in [6.45, 7) is 8.04. The van der Waals surface area contributed by atoms with Gasteiger partial charge in [-0.25, -0.2) is 4.98 Å². The second-order valence-corrected chi connectivity index (χ2v) is 8.28. The van der Waals surface area contributed by atoms with Crippen LogP contribution in [0.1, 0.15) is 32.7 Å². The molecule has 0 saturated heterocycles. The second-order valence-electron chi connectivity index (χ2n) is 7.44. The Morgan fingerprint density at radius 1 is 0.967 bits per heavy atom. The Balaban J connectivity index is 1.78. The molecule has 152 valence electrons. The number of rotatable bonds is 3. The molecule has 30 heavy (non-hydrogen) atoms. The van der Waals surface area contributed by atoms with Gasteiger partial charge in [0.2, 0.25) is 0 Å². The minimum atomic E-state index is -0.345. The molecule has 2 aromatic heterocycles. The van der Waals surface area contributed by atoms with Crippen LogP contribution in [0.15, 0.2) is 42.5 Å². The average Bonchev–Trinajstić information content (AvgIpc) is 3.02. The highest BCUT2D eigenvalue weighted by atomic mass is 35.5. The number of benzene rings is 2. The van der Waals surface area contributed by atoms with Crippen molar-refractivity contribution in [2.24, 2.45) is 0 Å².